The summed E-state index contributed by atoms with van der Waals surface area (Å²) in [5.41, 5.74) is 3.97. The number of carbonyl (C=O) groups excluding carboxylic acids is 2. The fourth-order valence-electron chi connectivity index (χ4n) is 3.73. The number of carbonyl (C=O) groups is 2. The molecule has 1 saturated heterocycles. The summed E-state index contributed by atoms with van der Waals surface area (Å²) in [4.78, 5) is 26.8. The van der Waals surface area contributed by atoms with Gasteiger partial charge in [0.1, 0.15) is 5.37 Å². The molecule has 1 N–H and O–H groups in total. The topological polar surface area (TPSA) is 49.4 Å². The standard InChI is InChI=1S/C26H25ClN2O2S/c27-23-14-8-20(9-15-23)17-29-24(30)18-32-26(29)22-12-10-21(11-13-22)25(31)28-16-4-7-19-5-2-1-3-6-19/h1-3,5-6,8-15,26H,4,7,16-18H2,(H,28,31). The van der Waals surface area contributed by atoms with E-state index in [1.165, 1.54) is 5.56 Å². The number of rotatable bonds is 8. The van der Waals surface area contributed by atoms with Crippen molar-refractivity contribution in [1.29, 1.82) is 0 Å². The molecule has 1 unspecified atom stereocenters. The molecule has 0 saturated carbocycles. The first kappa shape index (κ1) is 22.4. The van der Waals surface area contributed by atoms with Crippen LogP contribution in [0.5, 0.6) is 0 Å². The Bertz CT molecular complexity index is 1060. The van der Waals surface area contributed by atoms with Gasteiger partial charge >= 0.3 is 0 Å². The molecule has 0 aliphatic carbocycles. The van der Waals surface area contributed by atoms with Gasteiger partial charge in [0, 0.05) is 23.7 Å². The predicted octanol–water partition coefficient (Wildman–Crippen LogP) is 5.48. The summed E-state index contributed by atoms with van der Waals surface area (Å²) in [6.07, 6.45) is 1.84. The monoisotopic (exact) mass is 464 g/mol. The molecule has 3 aromatic rings. The molecule has 2 amide bonds. The number of amides is 2. The van der Waals surface area contributed by atoms with Crippen molar-refractivity contribution >= 4 is 35.2 Å². The Kier molecular flexibility index (Phi) is 7.51. The minimum atomic E-state index is -0.0715. The van der Waals surface area contributed by atoms with Crippen molar-refractivity contribution in [3.8, 4) is 0 Å². The van der Waals surface area contributed by atoms with Gasteiger partial charge in [-0.2, -0.15) is 0 Å². The normalized spacial score (nSPS) is 15.7. The SMILES string of the molecule is O=C(NCCCc1ccccc1)c1ccc(C2SCC(=O)N2Cc2ccc(Cl)cc2)cc1. The van der Waals surface area contributed by atoms with Gasteiger partial charge in [0.2, 0.25) is 5.91 Å². The third-order valence-electron chi connectivity index (χ3n) is 5.46. The summed E-state index contributed by atoms with van der Waals surface area (Å²) in [5, 5.41) is 3.62. The number of hydrogen-bond acceptors (Lipinski definition) is 3. The highest BCUT2D eigenvalue weighted by Gasteiger charge is 2.32. The van der Waals surface area contributed by atoms with Gasteiger partial charge in [0.15, 0.2) is 0 Å². The number of thioether (sulfide) groups is 1. The van der Waals surface area contributed by atoms with E-state index in [4.69, 9.17) is 11.6 Å². The molecule has 3 aromatic carbocycles. The first-order chi connectivity index (χ1) is 15.6. The minimum Gasteiger partial charge on any atom is -0.352 e. The maximum absolute atomic E-state index is 12.5. The second-order valence-corrected chi connectivity index (χ2v) is 9.28. The van der Waals surface area contributed by atoms with E-state index in [-0.39, 0.29) is 17.2 Å². The average Bonchev–Trinajstić information content (AvgIpc) is 3.19. The maximum Gasteiger partial charge on any atom is 0.251 e. The average molecular weight is 465 g/mol. The van der Waals surface area contributed by atoms with E-state index in [1.807, 2.05) is 71.6 Å². The number of halogens is 1. The summed E-state index contributed by atoms with van der Waals surface area (Å²) in [5.74, 6) is 0.509. The smallest absolute Gasteiger partial charge is 0.251 e. The van der Waals surface area contributed by atoms with Crippen molar-refractivity contribution in [2.75, 3.05) is 12.3 Å². The summed E-state index contributed by atoms with van der Waals surface area (Å²) in [6.45, 7) is 1.18. The lowest BCUT2D eigenvalue weighted by Gasteiger charge is -2.24. The van der Waals surface area contributed by atoms with Crippen LogP contribution in [-0.4, -0.2) is 29.0 Å². The Hall–Kier alpha value is -2.76. The van der Waals surface area contributed by atoms with Crippen LogP contribution in [-0.2, 0) is 17.8 Å². The van der Waals surface area contributed by atoms with Crippen molar-refractivity contribution in [2.45, 2.75) is 24.8 Å². The maximum atomic E-state index is 12.5. The van der Waals surface area contributed by atoms with Gasteiger partial charge in [-0.15, -0.1) is 11.8 Å². The molecule has 4 nitrogen and oxygen atoms in total. The Morgan fingerprint density at radius 1 is 0.969 bits per heavy atom. The van der Waals surface area contributed by atoms with E-state index in [2.05, 4.69) is 17.4 Å². The van der Waals surface area contributed by atoms with Crippen LogP contribution in [0, 0.1) is 0 Å². The third kappa shape index (κ3) is 5.72. The molecule has 32 heavy (non-hydrogen) atoms. The highest BCUT2D eigenvalue weighted by molar-refractivity contribution is 8.00. The molecule has 0 aromatic heterocycles. The van der Waals surface area contributed by atoms with Crippen LogP contribution in [0.15, 0.2) is 78.9 Å². The van der Waals surface area contributed by atoms with Gasteiger partial charge in [-0.1, -0.05) is 66.2 Å². The number of aryl methyl sites for hydroxylation is 1. The fourth-order valence-corrected chi connectivity index (χ4v) is 5.04. The minimum absolute atomic E-state index is 0.0545. The molecule has 0 bridgehead atoms. The summed E-state index contributed by atoms with van der Waals surface area (Å²) in [6, 6.07) is 25.4. The van der Waals surface area contributed by atoms with Crippen LogP contribution in [0.25, 0.3) is 0 Å². The van der Waals surface area contributed by atoms with E-state index in [1.54, 1.807) is 11.8 Å². The predicted molar refractivity (Wildman–Crippen MR) is 131 cm³/mol. The lowest BCUT2D eigenvalue weighted by atomic mass is 10.1. The number of nitrogens with zero attached hydrogens (tertiary/aromatic N) is 1. The van der Waals surface area contributed by atoms with Gasteiger partial charge in [-0.3, -0.25) is 9.59 Å². The second-order valence-electron chi connectivity index (χ2n) is 7.78. The Morgan fingerprint density at radius 2 is 1.69 bits per heavy atom. The highest BCUT2D eigenvalue weighted by Crippen LogP contribution is 2.39. The molecule has 1 atom stereocenters. The molecule has 4 rings (SSSR count). The largest absolute Gasteiger partial charge is 0.352 e. The van der Waals surface area contributed by atoms with E-state index < -0.39 is 0 Å². The van der Waals surface area contributed by atoms with E-state index in [9.17, 15) is 9.59 Å². The summed E-state index contributed by atoms with van der Waals surface area (Å²) < 4.78 is 0. The Balaban J connectivity index is 1.33. The van der Waals surface area contributed by atoms with Gasteiger partial charge in [0.05, 0.1) is 5.75 Å². The van der Waals surface area contributed by atoms with Crippen molar-refractivity contribution < 1.29 is 9.59 Å². The van der Waals surface area contributed by atoms with E-state index in [0.29, 0.717) is 29.4 Å². The van der Waals surface area contributed by atoms with Crippen LogP contribution in [0.2, 0.25) is 5.02 Å². The molecular weight excluding hydrogens is 440 g/mol. The molecule has 6 heteroatoms. The number of benzene rings is 3. The third-order valence-corrected chi connectivity index (χ3v) is 6.97. The van der Waals surface area contributed by atoms with Crippen LogP contribution < -0.4 is 5.32 Å². The molecule has 1 aliphatic heterocycles. The van der Waals surface area contributed by atoms with Gasteiger partial charge in [-0.05, 0) is 53.8 Å². The van der Waals surface area contributed by atoms with Crippen molar-refractivity contribution in [1.82, 2.24) is 10.2 Å². The van der Waals surface area contributed by atoms with E-state index in [0.717, 1.165) is 24.0 Å². The van der Waals surface area contributed by atoms with Crippen LogP contribution in [0.3, 0.4) is 0 Å². The lowest BCUT2D eigenvalue weighted by Crippen LogP contribution is -2.28. The zero-order valence-electron chi connectivity index (χ0n) is 17.7. The molecule has 1 fully saturated rings. The van der Waals surface area contributed by atoms with Gasteiger partial charge < -0.3 is 10.2 Å². The zero-order chi connectivity index (χ0) is 22.3. The van der Waals surface area contributed by atoms with Gasteiger partial charge in [-0.25, -0.2) is 0 Å². The van der Waals surface area contributed by atoms with Crippen molar-refractivity contribution in [3.63, 3.8) is 0 Å². The Labute approximate surface area is 198 Å². The highest BCUT2D eigenvalue weighted by atomic mass is 35.5. The first-order valence-electron chi connectivity index (χ1n) is 10.7. The van der Waals surface area contributed by atoms with Crippen LogP contribution >= 0.6 is 23.4 Å². The van der Waals surface area contributed by atoms with Crippen LogP contribution in [0.4, 0.5) is 0 Å². The van der Waals surface area contributed by atoms with Crippen molar-refractivity contribution in [2.24, 2.45) is 0 Å². The van der Waals surface area contributed by atoms with Crippen molar-refractivity contribution in [3.05, 3.63) is 106 Å². The molecule has 0 spiro atoms. The molecule has 1 aliphatic rings. The molecular formula is C26H25ClN2O2S. The fraction of sp³-hybridized carbons (Fsp3) is 0.231. The van der Waals surface area contributed by atoms with Crippen LogP contribution in [0.1, 0.15) is 38.8 Å². The summed E-state index contributed by atoms with van der Waals surface area (Å²) >= 11 is 7.59. The summed E-state index contributed by atoms with van der Waals surface area (Å²) in [7, 11) is 0. The van der Waals surface area contributed by atoms with Gasteiger partial charge in [0.25, 0.3) is 5.91 Å². The second kappa shape index (κ2) is 10.7. The zero-order valence-corrected chi connectivity index (χ0v) is 19.2. The molecule has 1 heterocycles. The quantitative estimate of drug-likeness (QED) is 0.449. The molecule has 0 radical (unpaired) electrons. The number of nitrogens with one attached hydrogen (secondary N) is 1. The Morgan fingerprint density at radius 3 is 2.41 bits per heavy atom. The van der Waals surface area contributed by atoms with E-state index >= 15 is 0 Å². The number of hydrogen-bond donors (Lipinski definition) is 1. The first-order valence-corrected chi connectivity index (χ1v) is 12.1. The molecule has 164 valence electrons. The lowest BCUT2D eigenvalue weighted by molar-refractivity contribution is -0.128.